The molecule has 0 amide bonds. The maximum Gasteiger partial charge on any atom is 0.0221 e. The molecule has 0 aromatic heterocycles. The summed E-state index contributed by atoms with van der Waals surface area (Å²) in [4.78, 5) is 0. The van der Waals surface area contributed by atoms with Gasteiger partial charge in [0, 0.05) is 18.6 Å². The average molecular weight is 252 g/mol. The van der Waals surface area contributed by atoms with Crippen LogP contribution in [0.3, 0.4) is 0 Å². The van der Waals surface area contributed by atoms with Crippen LogP contribution in [0.5, 0.6) is 0 Å². The highest BCUT2D eigenvalue weighted by Gasteiger charge is 2.34. The van der Waals surface area contributed by atoms with E-state index in [2.05, 4.69) is 26.1 Å². The molecule has 0 aromatic carbocycles. The monoisotopic (exact) mass is 252 g/mol. The Hall–Kier alpha value is -0.0800. The first kappa shape index (κ1) is 14.3. The predicted molar refractivity (Wildman–Crippen MR) is 78.5 cm³/mol. The Morgan fingerprint density at radius 2 is 2.06 bits per heavy atom. The van der Waals surface area contributed by atoms with Crippen LogP contribution in [0, 0.1) is 17.3 Å². The summed E-state index contributed by atoms with van der Waals surface area (Å²) in [6, 6.07) is 1.28. The van der Waals surface area contributed by atoms with E-state index >= 15 is 0 Å². The van der Waals surface area contributed by atoms with Crippen molar-refractivity contribution in [1.82, 2.24) is 5.32 Å². The summed E-state index contributed by atoms with van der Waals surface area (Å²) in [5, 5.41) is 3.89. The summed E-state index contributed by atoms with van der Waals surface area (Å²) in [6.07, 6.45) is 9.62. The number of hydrogen-bond donors (Lipinski definition) is 2. The summed E-state index contributed by atoms with van der Waals surface area (Å²) in [7, 11) is 0. The highest BCUT2D eigenvalue weighted by Crippen LogP contribution is 2.38. The molecule has 0 spiro atoms. The zero-order valence-corrected chi connectivity index (χ0v) is 12.5. The van der Waals surface area contributed by atoms with Gasteiger partial charge >= 0.3 is 0 Å². The molecule has 2 heteroatoms. The lowest BCUT2D eigenvalue weighted by molar-refractivity contribution is 0.211. The number of nitrogens with one attached hydrogen (secondary N) is 1. The zero-order chi connectivity index (χ0) is 13.2. The van der Waals surface area contributed by atoms with Crippen LogP contribution in [0.15, 0.2) is 0 Å². The molecule has 2 aliphatic carbocycles. The third kappa shape index (κ3) is 3.71. The predicted octanol–water partition coefficient (Wildman–Crippen LogP) is 3.31. The van der Waals surface area contributed by atoms with Gasteiger partial charge in [-0.15, -0.1) is 0 Å². The Balaban J connectivity index is 1.85. The first-order chi connectivity index (χ1) is 8.50. The quantitative estimate of drug-likeness (QED) is 0.805. The van der Waals surface area contributed by atoms with Crippen molar-refractivity contribution in [2.75, 3.05) is 6.54 Å². The number of rotatable bonds is 4. The van der Waals surface area contributed by atoms with E-state index in [0.29, 0.717) is 17.5 Å². The molecule has 0 aliphatic heterocycles. The second-order valence-corrected chi connectivity index (χ2v) is 7.64. The molecule has 0 radical (unpaired) electrons. The van der Waals surface area contributed by atoms with Crippen molar-refractivity contribution in [3.63, 3.8) is 0 Å². The van der Waals surface area contributed by atoms with E-state index in [0.717, 1.165) is 18.4 Å². The Bertz CT molecular complexity index is 262. The molecule has 0 bridgehead atoms. The zero-order valence-electron chi connectivity index (χ0n) is 12.5. The molecule has 0 saturated heterocycles. The van der Waals surface area contributed by atoms with E-state index in [-0.39, 0.29) is 0 Å². The van der Waals surface area contributed by atoms with E-state index in [1.54, 1.807) is 0 Å². The van der Waals surface area contributed by atoms with Gasteiger partial charge in [0.2, 0.25) is 0 Å². The smallest absolute Gasteiger partial charge is 0.0221 e. The maximum absolute atomic E-state index is 6.03. The van der Waals surface area contributed by atoms with Gasteiger partial charge in [0.05, 0.1) is 0 Å². The van der Waals surface area contributed by atoms with Gasteiger partial charge < -0.3 is 11.1 Å². The fourth-order valence-corrected chi connectivity index (χ4v) is 4.12. The van der Waals surface area contributed by atoms with Gasteiger partial charge in [-0.1, -0.05) is 33.6 Å². The van der Waals surface area contributed by atoms with E-state index in [1.165, 1.54) is 44.9 Å². The van der Waals surface area contributed by atoms with Crippen molar-refractivity contribution in [2.45, 2.75) is 77.8 Å². The minimum Gasteiger partial charge on any atom is -0.329 e. The van der Waals surface area contributed by atoms with Crippen molar-refractivity contribution in [2.24, 2.45) is 23.0 Å². The topological polar surface area (TPSA) is 38.0 Å². The Morgan fingerprint density at radius 3 is 2.61 bits per heavy atom. The van der Waals surface area contributed by atoms with E-state index in [4.69, 9.17) is 5.73 Å². The second kappa shape index (κ2) is 5.92. The lowest BCUT2D eigenvalue weighted by Gasteiger charge is -2.35. The molecule has 4 unspecified atom stereocenters. The summed E-state index contributed by atoms with van der Waals surface area (Å²) in [5.74, 6) is 1.72. The third-order valence-corrected chi connectivity index (χ3v) is 5.22. The molecule has 18 heavy (non-hydrogen) atoms. The van der Waals surface area contributed by atoms with Crippen molar-refractivity contribution >= 4 is 0 Å². The highest BCUT2D eigenvalue weighted by atomic mass is 15.0. The normalized spacial score (nSPS) is 37.7. The minimum absolute atomic E-state index is 0.538. The molecule has 2 fully saturated rings. The lowest BCUT2D eigenvalue weighted by atomic mass is 9.78. The SMILES string of the molecule is CC1CCCC(C(CN)NC2CCC(C)(C)C2)C1. The molecule has 106 valence electrons. The lowest BCUT2D eigenvalue weighted by Crippen LogP contribution is -2.47. The third-order valence-electron chi connectivity index (χ3n) is 5.22. The van der Waals surface area contributed by atoms with Crippen molar-refractivity contribution in [1.29, 1.82) is 0 Å². The van der Waals surface area contributed by atoms with Crippen LogP contribution < -0.4 is 11.1 Å². The van der Waals surface area contributed by atoms with Crippen LogP contribution in [-0.4, -0.2) is 18.6 Å². The Labute approximate surface area is 113 Å². The molecular formula is C16H32N2. The molecule has 2 saturated carbocycles. The van der Waals surface area contributed by atoms with Crippen LogP contribution in [0.1, 0.15) is 65.7 Å². The van der Waals surface area contributed by atoms with Gasteiger partial charge in [0.25, 0.3) is 0 Å². The summed E-state index contributed by atoms with van der Waals surface area (Å²) >= 11 is 0. The minimum atomic E-state index is 0.538. The van der Waals surface area contributed by atoms with Gasteiger partial charge in [-0.25, -0.2) is 0 Å². The van der Waals surface area contributed by atoms with Crippen LogP contribution >= 0.6 is 0 Å². The molecular weight excluding hydrogens is 220 g/mol. The molecule has 3 N–H and O–H groups in total. The van der Waals surface area contributed by atoms with Gasteiger partial charge in [0.15, 0.2) is 0 Å². The van der Waals surface area contributed by atoms with Gasteiger partial charge in [-0.2, -0.15) is 0 Å². The van der Waals surface area contributed by atoms with Crippen molar-refractivity contribution in [3.8, 4) is 0 Å². The van der Waals surface area contributed by atoms with Gasteiger partial charge in [-0.3, -0.25) is 0 Å². The first-order valence-electron chi connectivity index (χ1n) is 7.96. The van der Waals surface area contributed by atoms with Crippen molar-refractivity contribution < 1.29 is 0 Å². The summed E-state index contributed by atoms with van der Waals surface area (Å²) in [5.41, 5.74) is 6.57. The molecule has 4 atom stereocenters. The maximum atomic E-state index is 6.03. The van der Waals surface area contributed by atoms with Crippen LogP contribution in [-0.2, 0) is 0 Å². The fraction of sp³-hybridized carbons (Fsp3) is 1.00. The highest BCUT2D eigenvalue weighted by molar-refractivity contribution is 4.91. The molecule has 2 aliphatic rings. The standard InChI is InChI=1S/C16H32N2/c1-12-5-4-6-13(9-12)15(11-17)18-14-7-8-16(2,3)10-14/h12-15,18H,4-11,17H2,1-3H3. The molecule has 0 aromatic rings. The molecule has 0 heterocycles. The number of hydrogen-bond acceptors (Lipinski definition) is 2. The molecule has 2 nitrogen and oxygen atoms in total. The van der Waals surface area contributed by atoms with Crippen LogP contribution in [0.4, 0.5) is 0 Å². The molecule has 2 rings (SSSR count). The average Bonchev–Trinajstić information content (AvgIpc) is 2.65. The Morgan fingerprint density at radius 1 is 1.28 bits per heavy atom. The Kier molecular flexibility index (Phi) is 4.71. The van der Waals surface area contributed by atoms with Gasteiger partial charge in [0.1, 0.15) is 0 Å². The largest absolute Gasteiger partial charge is 0.329 e. The van der Waals surface area contributed by atoms with E-state index in [9.17, 15) is 0 Å². The second-order valence-electron chi connectivity index (χ2n) is 7.64. The number of nitrogens with two attached hydrogens (primary N) is 1. The fourth-order valence-electron chi connectivity index (χ4n) is 4.12. The van der Waals surface area contributed by atoms with E-state index in [1.807, 2.05) is 0 Å². The van der Waals surface area contributed by atoms with Crippen LogP contribution in [0.25, 0.3) is 0 Å². The first-order valence-corrected chi connectivity index (χ1v) is 7.96. The summed E-state index contributed by atoms with van der Waals surface area (Å²) < 4.78 is 0. The van der Waals surface area contributed by atoms with Crippen molar-refractivity contribution in [3.05, 3.63) is 0 Å². The van der Waals surface area contributed by atoms with Crippen LogP contribution in [0.2, 0.25) is 0 Å². The van der Waals surface area contributed by atoms with E-state index < -0.39 is 0 Å². The van der Waals surface area contributed by atoms with Gasteiger partial charge in [-0.05, 0) is 49.4 Å². The summed E-state index contributed by atoms with van der Waals surface area (Å²) in [6.45, 7) is 8.01.